The van der Waals surface area contributed by atoms with Gasteiger partial charge in [0.25, 0.3) is 0 Å². The summed E-state index contributed by atoms with van der Waals surface area (Å²) in [5, 5.41) is 0. The summed E-state index contributed by atoms with van der Waals surface area (Å²) in [6, 6.07) is 3.78. The van der Waals surface area contributed by atoms with Crippen LogP contribution in [0.2, 0.25) is 0 Å². The molecule has 1 heterocycles. The highest BCUT2D eigenvalue weighted by Crippen LogP contribution is 2.32. The van der Waals surface area contributed by atoms with E-state index in [0.717, 1.165) is 44.5 Å². The minimum absolute atomic E-state index is 0. The van der Waals surface area contributed by atoms with Gasteiger partial charge in [-0.15, -0.1) is 12.4 Å². The Labute approximate surface area is 170 Å². The van der Waals surface area contributed by atoms with Gasteiger partial charge in [-0.1, -0.05) is 18.9 Å². The maximum Gasteiger partial charge on any atom is 0.416 e. The lowest BCUT2D eigenvalue weighted by molar-refractivity contribution is -0.137. The molecule has 0 aromatic heterocycles. The summed E-state index contributed by atoms with van der Waals surface area (Å²) in [7, 11) is 1.82. The Kier molecular flexibility index (Phi) is 7.62. The number of nitrogens with two attached hydrogens (primary N) is 1. The number of likely N-dealkylation sites (N-methyl/N-ethyl adjacent to an activating group) is 1. The van der Waals surface area contributed by atoms with Crippen molar-refractivity contribution in [1.82, 2.24) is 9.80 Å². The van der Waals surface area contributed by atoms with Gasteiger partial charge in [0.2, 0.25) is 5.91 Å². The summed E-state index contributed by atoms with van der Waals surface area (Å²) in [4.78, 5) is 17.1. The average molecular weight is 420 g/mol. The number of anilines is 1. The Hall–Kier alpha value is -1.47. The van der Waals surface area contributed by atoms with Crippen LogP contribution in [0.3, 0.4) is 0 Å². The first kappa shape index (κ1) is 22.8. The lowest BCUT2D eigenvalue weighted by Gasteiger charge is -2.42. The molecule has 28 heavy (non-hydrogen) atoms. The van der Waals surface area contributed by atoms with E-state index in [0.29, 0.717) is 11.6 Å². The smallest absolute Gasteiger partial charge is 0.398 e. The minimum atomic E-state index is -4.43. The second-order valence-electron chi connectivity index (χ2n) is 7.76. The second-order valence-corrected chi connectivity index (χ2v) is 7.76. The van der Waals surface area contributed by atoms with Gasteiger partial charge in [-0.2, -0.15) is 13.2 Å². The summed E-state index contributed by atoms with van der Waals surface area (Å²) in [5.74, 6) is -0.0856. The fraction of sp³-hybridized carbons (Fsp3) is 0.650. The summed E-state index contributed by atoms with van der Waals surface area (Å²) in [6.45, 7) is 2.18. The molecule has 8 heteroatoms. The summed E-state index contributed by atoms with van der Waals surface area (Å²) in [6.07, 6.45) is 2.39. The molecule has 2 atom stereocenters. The number of carbonyl (C=O) groups is 1. The van der Waals surface area contributed by atoms with Gasteiger partial charge in [0.05, 0.1) is 12.0 Å². The first-order chi connectivity index (χ1) is 12.8. The largest absolute Gasteiger partial charge is 0.416 e. The third kappa shape index (κ3) is 5.11. The molecule has 158 valence electrons. The van der Waals surface area contributed by atoms with Crippen LogP contribution in [-0.4, -0.2) is 47.9 Å². The van der Waals surface area contributed by atoms with Gasteiger partial charge in [-0.25, -0.2) is 0 Å². The van der Waals surface area contributed by atoms with Crippen LogP contribution in [0.25, 0.3) is 0 Å². The highest BCUT2D eigenvalue weighted by Gasteiger charge is 2.36. The molecule has 2 N–H and O–H groups in total. The number of likely N-dealkylation sites (tertiary alicyclic amines) is 1. The van der Waals surface area contributed by atoms with Crippen LogP contribution in [0.1, 0.15) is 49.7 Å². The average Bonchev–Trinajstić information content (AvgIpc) is 3.16. The Bertz CT molecular complexity index is 677. The number of nitrogens with zero attached hydrogens (tertiary/aromatic N) is 2. The van der Waals surface area contributed by atoms with Crippen molar-refractivity contribution in [2.75, 3.05) is 25.9 Å². The van der Waals surface area contributed by atoms with E-state index in [-0.39, 0.29) is 36.5 Å². The van der Waals surface area contributed by atoms with Crippen LogP contribution in [0.5, 0.6) is 0 Å². The third-order valence-electron chi connectivity index (χ3n) is 6.01. The van der Waals surface area contributed by atoms with Crippen LogP contribution in [-0.2, 0) is 17.4 Å². The lowest BCUT2D eigenvalue weighted by atomic mass is 9.88. The van der Waals surface area contributed by atoms with Crippen molar-refractivity contribution in [3.05, 3.63) is 29.3 Å². The van der Waals surface area contributed by atoms with Crippen molar-refractivity contribution < 1.29 is 18.0 Å². The molecule has 3 rings (SSSR count). The van der Waals surface area contributed by atoms with Crippen molar-refractivity contribution in [3.8, 4) is 0 Å². The third-order valence-corrected chi connectivity index (χ3v) is 6.01. The van der Waals surface area contributed by atoms with Crippen molar-refractivity contribution in [3.63, 3.8) is 0 Å². The Morgan fingerprint density at radius 1 is 1.18 bits per heavy atom. The van der Waals surface area contributed by atoms with Crippen LogP contribution in [0.4, 0.5) is 18.9 Å². The molecule has 4 nitrogen and oxygen atoms in total. The normalized spacial score (nSPS) is 23.3. The van der Waals surface area contributed by atoms with Crippen molar-refractivity contribution in [2.45, 2.75) is 63.2 Å². The van der Waals surface area contributed by atoms with Gasteiger partial charge in [-0.3, -0.25) is 9.69 Å². The number of benzene rings is 1. The number of hydrogen-bond acceptors (Lipinski definition) is 3. The van der Waals surface area contributed by atoms with Crippen molar-refractivity contribution >= 4 is 24.0 Å². The second kappa shape index (κ2) is 9.35. The molecule has 2 aliphatic rings. The molecular weight excluding hydrogens is 391 g/mol. The molecule has 2 unspecified atom stereocenters. The number of carbonyl (C=O) groups excluding carboxylic acids is 1. The van der Waals surface area contributed by atoms with E-state index in [1.807, 2.05) is 7.05 Å². The molecule has 1 amide bonds. The molecule has 0 spiro atoms. The number of hydrogen-bond donors (Lipinski definition) is 1. The van der Waals surface area contributed by atoms with Gasteiger partial charge in [0, 0.05) is 24.8 Å². The highest BCUT2D eigenvalue weighted by atomic mass is 35.5. The van der Waals surface area contributed by atoms with E-state index in [4.69, 9.17) is 5.73 Å². The number of amides is 1. The highest BCUT2D eigenvalue weighted by molar-refractivity contribution is 5.85. The van der Waals surface area contributed by atoms with E-state index in [1.54, 1.807) is 4.90 Å². The summed E-state index contributed by atoms with van der Waals surface area (Å²) < 4.78 is 38.4. The predicted octanol–water partition coefficient (Wildman–Crippen LogP) is 4.12. The van der Waals surface area contributed by atoms with E-state index in [9.17, 15) is 18.0 Å². The fourth-order valence-corrected chi connectivity index (χ4v) is 4.45. The van der Waals surface area contributed by atoms with Crippen LogP contribution in [0, 0.1) is 0 Å². The SMILES string of the molecule is CN(C(=O)Cc1ccc(C(F)(F)F)cc1N)C1CCCCC1N1CCCC1.Cl. The summed E-state index contributed by atoms with van der Waals surface area (Å²) >= 11 is 0. The zero-order chi connectivity index (χ0) is 19.6. The number of alkyl halides is 3. The molecular formula is C20H29ClF3N3O. The van der Waals surface area contributed by atoms with E-state index in [1.165, 1.54) is 25.3 Å². The van der Waals surface area contributed by atoms with E-state index < -0.39 is 11.7 Å². The first-order valence-corrected chi connectivity index (χ1v) is 9.72. The molecule has 1 saturated carbocycles. The Morgan fingerprint density at radius 3 is 2.43 bits per heavy atom. The maximum atomic E-state index is 12.8. The zero-order valence-electron chi connectivity index (χ0n) is 16.2. The molecule has 1 aliphatic heterocycles. The predicted molar refractivity (Wildman–Crippen MR) is 106 cm³/mol. The van der Waals surface area contributed by atoms with E-state index >= 15 is 0 Å². The van der Waals surface area contributed by atoms with Gasteiger partial charge in [0.1, 0.15) is 0 Å². The molecule has 0 bridgehead atoms. The van der Waals surface area contributed by atoms with Crippen molar-refractivity contribution in [2.24, 2.45) is 0 Å². The molecule has 2 fully saturated rings. The molecule has 0 radical (unpaired) electrons. The maximum absolute atomic E-state index is 12.8. The molecule has 1 aliphatic carbocycles. The van der Waals surface area contributed by atoms with E-state index in [2.05, 4.69) is 4.90 Å². The topological polar surface area (TPSA) is 49.6 Å². The standard InChI is InChI=1S/C20H28F3N3O.ClH/c1-25(17-6-2-3-7-18(17)26-10-4-5-11-26)19(27)12-14-8-9-15(13-16(14)24)20(21,22)23;/h8-9,13,17-18H,2-7,10-12,24H2,1H3;1H. The van der Waals surface area contributed by atoms with Crippen LogP contribution in [0.15, 0.2) is 18.2 Å². The lowest BCUT2D eigenvalue weighted by Crippen LogP contribution is -2.53. The fourth-order valence-electron chi connectivity index (χ4n) is 4.45. The monoisotopic (exact) mass is 419 g/mol. The van der Waals surface area contributed by atoms with Gasteiger partial charge >= 0.3 is 6.18 Å². The number of rotatable bonds is 4. The Morgan fingerprint density at radius 2 is 1.82 bits per heavy atom. The molecule has 1 saturated heterocycles. The van der Waals surface area contributed by atoms with Gasteiger partial charge < -0.3 is 10.6 Å². The molecule has 1 aromatic rings. The number of nitrogen functional groups attached to an aromatic ring is 1. The van der Waals surface area contributed by atoms with Crippen LogP contribution >= 0.6 is 12.4 Å². The minimum Gasteiger partial charge on any atom is -0.398 e. The first-order valence-electron chi connectivity index (χ1n) is 9.72. The molecule has 1 aromatic carbocycles. The summed E-state index contributed by atoms with van der Waals surface area (Å²) in [5.41, 5.74) is 5.48. The van der Waals surface area contributed by atoms with Crippen LogP contribution < -0.4 is 5.73 Å². The van der Waals surface area contributed by atoms with Gasteiger partial charge in [0.15, 0.2) is 0 Å². The Balaban J connectivity index is 0.00000280. The van der Waals surface area contributed by atoms with Gasteiger partial charge in [-0.05, 0) is 56.5 Å². The quantitative estimate of drug-likeness (QED) is 0.747. The zero-order valence-corrected chi connectivity index (χ0v) is 17.0. The number of halogens is 4. The van der Waals surface area contributed by atoms with Crippen molar-refractivity contribution in [1.29, 1.82) is 0 Å².